The molecule has 0 radical (unpaired) electrons. The zero-order chi connectivity index (χ0) is 17.1. The lowest BCUT2D eigenvalue weighted by molar-refractivity contribution is 0.0786. The molecule has 1 N–H and O–H groups in total. The van der Waals surface area contributed by atoms with Crippen LogP contribution < -0.4 is 5.32 Å². The molecule has 1 fully saturated rings. The van der Waals surface area contributed by atoms with Crippen molar-refractivity contribution >= 4 is 23.3 Å². The number of likely N-dealkylation sites (tertiary alicyclic amines) is 1. The maximum Gasteiger partial charge on any atom is 0.272 e. The van der Waals surface area contributed by atoms with E-state index in [0.717, 1.165) is 31.6 Å². The Morgan fingerprint density at radius 2 is 1.88 bits per heavy atom. The number of hydrogen-bond acceptors (Lipinski definition) is 5. The molecule has 24 heavy (non-hydrogen) atoms. The van der Waals surface area contributed by atoms with Crippen LogP contribution in [0.3, 0.4) is 0 Å². The zero-order valence-corrected chi connectivity index (χ0v) is 13.9. The molecular weight excluding hydrogens is 304 g/mol. The molecule has 0 aliphatic carbocycles. The maximum absolute atomic E-state index is 12.5. The Morgan fingerprint density at radius 1 is 1.12 bits per heavy atom. The Morgan fingerprint density at radius 3 is 2.58 bits per heavy atom. The third kappa shape index (κ3) is 3.59. The van der Waals surface area contributed by atoms with Gasteiger partial charge in [-0.05, 0) is 44.9 Å². The van der Waals surface area contributed by atoms with Crippen molar-refractivity contribution in [2.24, 2.45) is 0 Å². The summed E-state index contributed by atoms with van der Waals surface area (Å²) in [4.78, 5) is 34.5. The molecule has 6 nitrogen and oxygen atoms in total. The van der Waals surface area contributed by atoms with Crippen LogP contribution >= 0.6 is 0 Å². The number of anilines is 2. The second-order valence-corrected chi connectivity index (χ2v) is 5.98. The van der Waals surface area contributed by atoms with E-state index < -0.39 is 0 Å². The molecule has 0 saturated carbocycles. The van der Waals surface area contributed by atoms with Crippen molar-refractivity contribution in [3.05, 3.63) is 47.3 Å². The topological polar surface area (TPSA) is 75.2 Å². The molecule has 0 bridgehead atoms. The summed E-state index contributed by atoms with van der Waals surface area (Å²) in [5.41, 5.74) is 2.45. The smallest absolute Gasteiger partial charge is 0.272 e. The lowest BCUT2D eigenvalue weighted by Gasteiger charge is -2.15. The maximum atomic E-state index is 12.5. The van der Waals surface area contributed by atoms with E-state index in [0.29, 0.717) is 22.9 Å². The number of nitrogens with zero attached hydrogens (tertiary/aromatic N) is 3. The van der Waals surface area contributed by atoms with E-state index in [-0.39, 0.29) is 11.7 Å². The van der Waals surface area contributed by atoms with Crippen molar-refractivity contribution in [3.63, 3.8) is 0 Å². The number of benzene rings is 1. The molecule has 1 saturated heterocycles. The summed E-state index contributed by atoms with van der Waals surface area (Å²) in [6, 6.07) is 8.84. The second kappa shape index (κ2) is 6.78. The quantitative estimate of drug-likeness (QED) is 0.875. The van der Waals surface area contributed by atoms with Crippen molar-refractivity contribution in [1.29, 1.82) is 0 Å². The highest BCUT2D eigenvalue weighted by molar-refractivity contribution is 5.95. The summed E-state index contributed by atoms with van der Waals surface area (Å²) in [5.74, 6) is 0.297. The van der Waals surface area contributed by atoms with Crippen molar-refractivity contribution in [2.75, 3.05) is 18.4 Å². The number of rotatable bonds is 4. The Bertz CT molecular complexity index is 782. The standard InChI is InChI=1S/C18H20N4O2/c1-12-10-16(17(24)22-8-3-4-9-22)21-18(19-12)20-15-7-5-6-14(11-15)13(2)23/h5-7,10-11H,3-4,8-9H2,1-2H3,(H,19,20,21). The van der Waals surface area contributed by atoms with Crippen LogP contribution in [0, 0.1) is 6.92 Å². The van der Waals surface area contributed by atoms with Crippen molar-refractivity contribution in [2.45, 2.75) is 26.7 Å². The molecule has 2 aromatic rings. The number of carbonyl (C=O) groups is 2. The molecule has 0 unspecified atom stereocenters. The number of ketones is 1. The third-order valence-corrected chi connectivity index (χ3v) is 3.99. The summed E-state index contributed by atoms with van der Waals surface area (Å²) in [6.07, 6.45) is 2.08. The molecule has 1 aliphatic heterocycles. The molecule has 0 spiro atoms. The minimum Gasteiger partial charge on any atom is -0.337 e. The van der Waals surface area contributed by atoms with Gasteiger partial charge >= 0.3 is 0 Å². The third-order valence-electron chi connectivity index (χ3n) is 3.99. The highest BCUT2D eigenvalue weighted by atomic mass is 16.2. The van der Waals surface area contributed by atoms with Crippen LogP contribution in [0.5, 0.6) is 0 Å². The first-order valence-corrected chi connectivity index (χ1v) is 8.06. The normalized spacial score (nSPS) is 13.8. The highest BCUT2D eigenvalue weighted by Crippen LogP contribution is 2.18. The lowest BCUT2D eigenvalue weighted by Crippen LogP contribution is -2.28. The van der Waals surface area contributed by atoms with Gasteiger partial charge in [0.05, 0.1) is 0 Å². The fraction of sp³-hybridized carbons (Fsp3) is 0.333. The molecule has 1 aromatic heterocycles. The van der Waals surface area contributed by atoms with Gasteiger partial charge in [-0.3, -0.25) is 9.59 Å². The SMILES string of the molecule is CC(=O)c1cccc(Nc2nc(C)cc(C(=O)N3CCCC3)n2)c1. The predicted octanol–water partition coefficient (Wildman–Crippen LogP) is 2.97. The molecule has 0 atom stereocenters. The van der Waals surface area contributed by atoms with Crippen LogP contribution in [0.25, 0.3) is 0 Å². The van der Waals surface area contributed by atoms with Gasteiger partial charge in [0.2, 0.25) is 5.95 Å². The van der Waals surface area contributed by atoms with Crippen molar-refractivity contribution in [3.8, 4) is 0 Å². The van der Waals surface area contributed by atoms with Crippen LogP contribution in [0.1, 0.15) is 46.3 Å². The summed E-state index contributed by atoms with van der Waals surface area (Å²) in [6.45, 7) is 4.92. The monoisotopic (exact) mass is 324 g/mol. The lowest BCUT2D eigenvalue weighted by atomic mass is 10.1. The average Bonchev–Trinajstić information content (AvgIpc) is 3.08. The van der Waals surface area contributed by atoms with Gasteiger partial charge in [-0.25, -0.2) is 9.97 Å². The van der Waals surface area contributed by atoms with Crippen molar-refractivity contribution < 1.29 is 9.59 Å². The Balaban J connectivity index is 1.84. The number of carbonyl (C=O) groups excluding carboxylic acids is 2. The Hall–Kier alpha value is -2.76. The van der Waals surface area contributed by atoms with Gasteiger partial charge in [0, 0.05) is 30.0 Å². The number of aromatic nitrogens is 2. The molecule has 1 aromatic carbocycles. The Kier molecular flexibility index (Phi) is 4.55. The van der Waals surface area contributed by atoms with E-state index >= 15 is 0 Å². The summed E-state index contributed by atoms with van der Waals surface area (Å²) in [5, 5.41) is 3.08. The molecule has 3 rings (SSSR count). The number of nitrogens with one attached hydrogen (secondary N) is 1. The van der Waals surface area contributed by atoms with E-state index in [9.17, 15) is 9.59 Å². The van der Waals surface area contributed by atoms with E-state index in [2.05, 4.69) is 15.3 Å². The first-order chi connectivity index (χ1) is 11.5. The first-order valence-electron chi connectivity index (χ1n) is 8.06. The zero-order valence-electron chi connectivity index (χ0n) is 13.9. The number of Topliss-reactive ketones (excluding diaryl/α,β-unsaturated/α-hetero) is 1. The number of hydrogen-bond donors (Lipinski definition) is 1. The number of aryl methyl sites for hydroxylation is 1. The van der Waals surface area contributed by atoms with Crippen LogP contribution in [0.15, 0.2) is 30.3 Å². The van der Waals surface area contributed by atoms with Gasteiger partial charge in [-0.1, -0.05) is 12.1 Å². The Labute approximate surface area is 140 Å². The fourth-order valence-corrected chi connectivity index (χ4v) is 2.76. The van der Waals surface area contributed by atoms with Gasteiger partial charge in [0.1, 0.15) is 5.69 Å². The van der Waals surface area contributed by atoms with Gasteiger partial charge in [0.25, 0.3) is 5.91 Å². The fourth-order valence-electron chi connectivity index (χ4n) is 2.76. The summed E-state index contributed by atoms with van der Waals surface area (Å²) < 4.78 is 0. The summed E-state index contributed by atoms with van der Waals surface area (Å²) >= 11 is 0. The van der Waals surface area contributed by atoms with Crippen LogP contribution in [0.4, 0.5) is 11.6 Å². The molecule has 1 aliphatic rings. The summed E-state index contributed by atoms with van der Waals surface area (Å²) in [7, 11) is 0. The number of amides is 1. The van der Waals surface area contributed by atoms with E-state index in [4.69, 9.17) is 0 Å². The second-order valence-electron chi connectivity index (χ2n) is 5.98. The van der Waals surface area contributed by atoms with Crippen LogP contribution in [0.2, 0.25) is 0 Å². The molecule has 1 amide bonds. The average molecular weight is 324 g/mol. The van der Waals surface area contributed by atoms with Gasteiger partial charge < -0.3 is 10.2 Å². The van der Waals surface area contributed by atoms with E-state index in [1.807, 2.05) is 17.9 Å². The largest absolute Gasteiger partial charge is 0.337 e. The first kappa shape index (κ1) is 16.1. The van der Waals surface area contributed by atoms with Crippen molar-refractivity contribution in [1.82, 2.24) is 14.9 Å². The van der Waals surface area contributed by atoms with Gasteiger partial charge in [0.15, 0.2) is 5.78 Å². The molecule has 124 valence electrons. The highest BCUT2D eigenvalue weighted by Gasteiger charge is 2.21. The molecule has 2 heterocycles. The van der Waals surface area contributed by atoms with Crippen LogP contribution in [-0.2, 0) is 0 Å². The van der Waals surface area contributed by atoms with E-state index in [1.54, 1.807) is 24.3 Å². The van der Waals surface area contributed by atoms with Gasteiger partial charge in [-0.2, -0.15) is 0 Å². The molecular formula is C18H20N4O2. The predicted molar refractivity (Wildman–Crippen MR) is 91.6 cm³/mol. The minimum absolute atomic E-state index is 0.00582. The van der Waals surface area contributed by atoms with Gasteiger partial charge in [-0.15, -0.1) is 0 Å². The van der Waals surface area contributed by atoms with Crippen LogP contribution in [-0.4, -0.2) is 39.6 Å². The minimum atomic E-state index is -0.0569. The molecule has 6 heteroatoms. The van der Waals surface area contributed by atoms with E-state index in [1.165, 1.54) is 6.92 Å².